The molecule has 1 aromatic carbocycles. The van der Waals surface area contributed by atoms with Gasteiger partial charge in [0.05, 0.1) is 0 Å². The normalized spacial score (nSPS) is 10.3. The monoisotopic (exact) mass is 238 g/mol. The predicted molar refractivity (Wildman–Crippen MR) is 56.1 cm³/mol. The number of aliphatic carboxylic acids is 1. The quantitative estimate of drug-likeness (QED) is 0.885. The Labute approximate surface area is 95.7 Å². The van der Waals surface area contributed by atoms with Crippen LogP contribution in [0.3, 0.4) is 0 Å². The van der Waals surface area contributed by atoms with Gasteiger partial charge in [-0.3, -0.25) is 4.79 Å². The third kappa shape index (κ3) is 2.38. The number of hydrogen-bond donors (Lipinski definition) is 1. The molecule has 0 aliphatic rings. The number of halogens is 1. The van der Waals surface area contributed by atoms with E-state index in [9.17, 15) is 4.79 Å². The molecule has 0 aliphatic carbocycles. The number of carboxylic acids is 1. The largest absolute Gasteiger partial charge is 0.481 e. The Morgan fingerprint density at radius 3 is 2.62 bits per heavy atom. The highest BCUT2D eigenvalue weighted by atomic mass is 35.5. The van der Waals surface area contributed by atoms with Gasteiger partial charge in [0.1, 0.15) is 6.42 Å². The fourth-order valence-electron chi connectivity index (χ4n) is 1.16. The van der Waals surface area contributed by atoms with E-state index < -0.39 is 5.97 Å². The molecule has 0 radical (unpaired) electrons. The maximum atomic E-state index is 10.4. The second kappa shape index (κ2) is 4.32. The number of benzene rings is 1. The molecule has 16 heavy (non-hydrogen) atoms. The van der Waals surface area contributed by atoms with Crippen LogP contribution in [0.15, 0.2) is 28.7 Å². The van der Waals surface area contributed by atoms with Gasteiger partial charge in [-0.25, -0.2) is 0 Å². The first kappa shape index (κ1) is 10.6. The fraction of sp³-hybridized carbons (Fsp3) is 0.100. The van der Waals surface area contributed by atoms with E-state index in [1.165, 1.54) is 0 Å². The highest BCUT2D eigenvalue weighted by Gasteiger charge is 2.10. The number of aromatic nitrogens is 2. The molecule has 0 saturated carbocycles. The first-order valence-electron chi connectivity index (χ1n) is 4.45. The molecule has 6 heteroatoms. The molecule has 0 aliphatic heterocycles. The molecule has 2 aromatic rings. The van der Waals surface area contributed by atoms with Crippen LogP contribution in [0, 0.1) is 0 Å². The van der Waals surface area contributed by atoms with Gasteiger partial charge in [-0.1, -0.05) is 11.6 Å². The van der Waals surface area contributed by atoms with Gasteiger partial charge in [-0.05, 0) is 24.3 Å². The third-order valence-electron chi connectivity index (χ3n) is 1.86. The lowest BCUT2D eigenvalue weighted by molar-refractivity contribution is -0.136. The highest BCUT2D eigenvalue weighted by Crippen LogP contribution is 2.20. The Morgan fingerprint density at radius 2 is 2.00 bits per heavy atom. The van der Waals surface area contributed by atoms with Crippen molar-refractivity contribution in [1.82, 2.24) is 10.2 Å². The third-order valence-corrected chi connectivity index (χ3v) is 2.11. The van der Waals surface area contributed by atoms with Crippen LogP contribution in [-0.2, 0) is 11.2 Å². The number of hydrogen-bond acceptors (Lipinski definition) is 4. The van der Waals surface area contributed by atoms with E-state index in [1.54, 1.807) is 24.3 Å². The Hall–Kier alpha value is -1.88. The van der Waals surface area contributed by atoms with Crippen LogP contribution in [0.1, 0.15) is 5.89 Å². The maximum absolute atomic E-state index is 10.4. The lowest BCUT2D eigenvalue weighted by atomic mass is 10.2. The summed E-state index contributed by atoms with van der Waals surface area (Å²) in [6.45, 7) is 0. The van der Waals surface area contributed by atoms with Crippen molar-refractivity contribution in [3.63, 3.8) is 0 Å². The number of nitrogens with zero attached hydrogens (tertiary/aromatic N) is 2. The first-order valence-corrected chi connectivity index (χ1v) is 4.83. The zero-order valence-corrected chi connectivity index (χ0v) is 8.81. The summed E-state index contributed by atoms with van der Waals surface area (Å²) in [5, 5.41) is 16.5. The molecule has 0 saturated heterocycles. The average Bonchev–Trinajstić information content (AvgIpc) is 2.66. The molecule has 0 unspecified atom stereocenters. The lowest BCUT2D eigenvalue weighted by Crippen LogP contribution is -1.99. The van der Waals surface area contributed by atoms with Crippen LogP contribution in [0.2, 0.25) is 5.02 Å². The van der Waals surface area contributed by atoms with Gasteiger partial charge in [-0.2, -0.15) is 0 Å². The van der Waals surface area contributed by atoms with Gasteiger partial charge >= 0.3 is 5.97 Å². The summed E-state index contributed by atoms with van der Waals surface area (Å²) in [6.07, 6.45) is -0.277. The van der Waals surface area contributed by atoms with Crippen LogP contribution in [0.25, 0.3) is 11.5 Å². The van der Waals surface area contributed by atoms with Crippen molar-refractivity contribution in [2.75, 3.05) is 0 Å². The fourth-order valence-corrected chi connectivity index (χ4v) is 1.29. The summed E-state index contributed by atoms with van der Waals surface area (Å²) in [6, 6.07) is 6.83. The average molecular weight is 239 g/mol. The van der Waals surface area contributed by atoms with Crippen LogP contribution < -0.4 is 0 Å². The minimum Gasteiger partial charge on any atom is -0.481 e. The zero-order chi connectivity index (χ0) is 11.5. The van der Waals surface area contributed by atoms with Gasteiger partial charge in [0.25, 0.3) is 0 Å². The summed E-state index contributed by atoms with van der Waals surface area (Å²) < 4.78 is 5.17. The topological polar surface area (TPSA) is 76.2 Å². The van der Waals surface area contributed by atoms with E-state index in [-0.39, 0.29) is 18.2 Å². The Balaban J connectivity index is 2.24. The molecule has 0 atom stereocenters. The molecule has 2 rings (SSSR count). The predicted octanol–water partition coefficient (Wildman–Crippen LogP) is 2.02. The molecular weight excluding hydrogens is 232 g/mol. The summed E-state index contributed by atoms with van der Waals surface area (Å²) in [5.74, 6) is -0.642. The molecule has 0 spiro atoms. The summed E-state index contributed by atoms with van der Waals surface area (Å²) in [5.41, 5.74) is 0.702. The minimum atomic E-state index is -1.01. The highest BCUT2D eigenvalue weighted by molar-refractivity contribution is 6.30. The number of rotatable bonds is 3. The van der Waals surface area contributed by atoms with Crippen molar-refractivity contribution < 1.29 is 14.3 Å². The minimum absolute atomic E-state index is 0.0810. The van der Waals surface area contributed by atoms with Crippen molar-refractivity contribution in [3.05, 3.63) is 35.2 Å². The van der Waals surface area contributed by atoms with Crippen molar-refractivity contribution >= 4 is 17.6 Å². The van der Waals surface area contributed by atoms with Crippen LogP contribution in [0.5, 0.6) is 0 Å². The lowest BCUT2D eigenvalue weighted by Gasteiger charge is -1.93. The van der Waals surface area contributed by atoms with Crippen molar-refractivity contribution in [3.8, 4) is 11.5 Å². The molecule has 0 amide bonds. The smallest absolute Gasteiger partial charge is 0.312 e. The number of carbonyl (C=O) groups is 1. The molecule has 0 fully saturated rings. The standard InChI is InChI=1S/C10H7ClN2O3/c11-7-3-1-6(2-4-7)10-13-12-8(16-10)5-9(14)15/h1-4H,5H2,(H,14,15). The van der Waals surface area contributed by atoms with E-state index >= 15 is 0 Å². The second-order valence-corrected chi connectivity index (χ2v) is 3.51. The van der Waals surface area contributed by atoms with Crippen LogP contribution >= 0.6 is 11.6 Å². The van der Waals surface area contributed by atoms with Gasteiger partial charge in [0, 0.05) is 10.6 Å². The summed E-state index contributed by atoms with van der Waals surface area (Å²) in [4.78, 5) is 10.4. The summed E-state index contributed by atoms with van der Waals surface area (Å²) in [7, 11) is 0. The van der Waals surface area contributed by atoms with Gasteiger partial charge < -0.3 is 9.52 Å². The van der Waals surface area contributed by atoms with Gasteiger partial charge in [0.2, 0.25) is 11.8 Å². The molecule has 1 heterocycles. The van der Waals surface area contributed by atoms with Gasteiger partial charge in [0.15, 0.2) is 0 Å². The Bertz CT molecular complexity index is 507. The van der Waals surface area contributed by atoms with E-state index in [4.69, 9.17) is 21.1 Å². The van der Waals surface area contributed by atoms with E-state index in [0.29, 0.717) is 10.6 Å². The zero-order valence-electron chi connectivity index (χ0n) is 8.05. The Kier molecular flexibility index (Phi) is 2.87. The molecule has 1 N–H and O–H groups in total. The molecule has 0 bridgehead atoms. The molecule has 82 valence electrons. The van der Waals surface area contributed by atoms with Gasteiger partial charge in [-0.15, -0.1) is 10.2 Å². The van der Waals surface area contributed by atoms with Crippen LogP contribution in [0.4, 0.5) is 0 Å². The summed E-state index contributed by atoms with van der Waals surface area (Å²) >= 11 is 5.73. The first-order chi connectivity index (χ1) is 7.65. The maximum Gasteiger partial charge on any atom is 0.312 e. The van der Waals surface area contributed by atoms with E-state index in [0.717, 1.165) is 0 Å². The Morgan fingerprint density at radius 1 is 1.31 bits per heavy atom. The van der Waals surface area contributed by atoms with Crippen molar-refractivity contribution in [1.29, 1.82) is 0 Å². The van der Waals surface area contributed by atoms with Crippen molar-refractivity contribution in [2.45, 2.75) is 6.42 Å². The van der Waals surface area contributed by atoms with E-state index in [1.807, 2.05) is 0 Å². The van der Waals surface area contributed by atoms with Crippen LogP contribution in [-0.4, -0.2) is 21.3 Å². The molecular formula is C10H7ClN2O3. The second-order valence-electron chi connectivity index (χ2n) is 3.08. The molecule has 5 nitrogen and oxygen atoms in total. The van der Waals surface area contributed by atoms with Crippen molar-refractivity contribution in [2.24, 2.45) is 0 Å². The SMILES string of the molecule is O=C(O)Cc1nnc(-c2ccc(Cl)cc2)o1. The van der Waals surface area contributed by atoms with E-state index in [2.05, 4.69) is 10.2 Å². The molecule has 1 aromatic heterocycles. The number of carboxylic acid groups (broad SMARTS) is 1.